The first-order valence-electron chi connectivity index (χ1n) is 4.26. The molecule has 1 aromatic carbocycles. The maximum atomic E-state index is 10.8. The van der Waals surface area contributed by atoms with Crippen LogP contribution < -0.4 is 0 Å². The highest BCUT2D eigenvalue weighted by molar-refractivity contribution is 5.74. The van der Waals surface area contributed by atoms with Crippen molar-refractivity contribution in [3.05, 3.63) is 41.7 Å². The lowest BCUT2D eigenvalue weighted by molar-refractivity contribution is 0.111. The molecular formula is C10H9N3O. The first kappa shape index (κ1) is 8.62. The largest absolute Gasteiger partial charge is 0.296 e. The zero-order chi connectivity index (χ0) is 9.97. The molecular weight excluding hydrogens is 178 g/mol. The number of aromatic nitrogens is 3. The number of nitrogens with zero attached hydrogens (tertiary/aromatic N) is 3. The number of para-hydroxylation sites is 1. The Morgan fingerprint density at radius 3 is 2.64 bits per heavy atom. The Bertz CT molecular complexity index is 448. The molecule has 70 valence electrons. The van der Waals surface area contributed by atoms with Crippen LogP contribution in [0.5, 0.6) is 0 Å². The van der Waals surface area contributed by atoms with Gasteiger partial charge >= 0.3 is 0 Å². The molecule has 14 heavy (non-hydrogen) atoms. The molecule has 1 aromatic heterocycles. The summed E-state index contributed by atoms with van der Waals surface area (Å²) in [5.41, 5.74) is 1.98. The molecule has 0 aliphatic carbocycles. The molecule has 0 N–H and O–H groups in total. The number of aldehydes is 1. The Hall–Kier alpha value is -1.97. The number of rotatable bonds is 2. The normalized spacial score (nSPS) is 10.1. The summed E-state index contributed by atoms with van der Waals surface area (Å²) >= 11 is 0. The van der Waals surface area contributed by atoms with Gasteiger partial charge in [0.1, 0.15) is 5.69 Å². The minimum absolute atomic E-state index is 0.496. The van der Waals surface area contributed by atoms with Gasteiger partial charge in [-0.15, -0.1) is 5.10 Å². The van der Waals surface area contributed by atoms with E-state index in [1.54, 1.807) is 6.92 Å². The first-order valence-corrected chi connectivity index (χ1v) is 4.26. The molecule has 0 amide bonds. The molecule has 0 spiro atoms. The smallest absolute Gasteiger partial charge is 0.170 e. The highest BCUT2D eigenvalue weighted by Gasteiger charge is 2.08. The summed E-state index contributed by atoms with van der Waals surface area (Å²) < 4.78 is 1.53. The van der Waals surface area contributed by atoms with E-state index in [4.69, 9.17) is 0 Å². The van der Waals surface area contributed by atoms with Crippen LogP contribution in [-0.4, -0.2) is 21.3 Å². The second-order valence-electron chi connectivity index (χ2n) is 2.93. The minimum atomic E-state index is 0.496. The van der Waals surface area contributed by atoms with Crippen LogP contribution in [0.3, 0.4) is 0 Å². The van der Waals surface area contributed by atoms with E-state index in [0.29, 0.717) is 11.4 Å². The second-order valence-corrected chi connectivity index (χ2v) is 2.93. The molecule has 4 heteroatoms. The Balaban J connectivity index is 2.57. The number of hydrogen-bond acceptors (Lipinski definition) is 3. The van der Waals surface area contributed by atoms with Gasteiger partial charge in [0.15, 0.2) is 6.29 Å². The van der Waals surface area contributed by atoms with Crippen molar-refractivity contribution < 1.29 is 4.79 Å². The summed E-state index contributed by atoms with van der Waals surface area (Å²) in [6.07, 6.45) is 0.766. The fourth-order valence-electron chi connectivity index (χ4n) is 1.26. The summed E-state index contributed by atoms with van der Waals surface area (Å²) in [4.78, 5) is 10.8. The van der Waals surface area contributed by atoms with Gasteiger partial charge in [-0.25, -0.2) is 4.68 Å². The number of hydrogen-bond donors (Lipinski definition) is 0. The van der Waals surface area contributed by atoms with Gasteiger partial charge in [0.2, 0.25) is 0 Å². The van der Waals surface area contributed by atoms with Gasteiger partial charge in [0.05, 0.1) is 11.4 Å². The lowest BCUT2D eigenvalue weighted by Crippen LogP contribution is -2.01. The van der Waals surface area contributed by atoms with Crippen LogP contribution >= 0.6 is 0 Å². The van der Waals surface area contributed by atoms with Crippen LogP contribution in [-0.2, 0) is 0 Å². The third kappa shape index (κ3) is 1.31. The SMILES string of the molecule is Cc1nnn(-c2ccccc2)c1C=O. The van der Waals surface area contributed by atoms with Crippen molar-refractivity contribution in [3.8, 4) is 5.69 Å². The van der Waals surface area contributed by atoms with Crippen LogP contribution in [0.1, 0.15) is 16.2 Å². The molecule has 4 nitrogen and oxygen atoms in total. The molecule has 0 saturated carbocycles. The van der Waals surface area contributed by atoms with Crippen molar-refractivity contribution in [1.29, 1.82) is 0 Å². The molecule has 0 bridgehead atoms. The van der Waals surface area contributed by atoms with E-state index in [2.05, 4.69) is 10.3 Å². The molecule has 2 aromatic rings. The molecule has 0 unspecified atom stereocenters. The average molecular weight is 187 g/mol. The van der Waals surface area contributed by atoms with E-state index < -0.39 is 0 Å². The van der Waals surface area contributed by atoms with E-state index in [1.165, 1.54) is 4.68 Å². The van der Waals surface area contributed by atoms with Crippen molar-refractivity contribution in [2.75, 3.05) is 0 Å². The Morgan fingerprint density at radius 1 is 1.29 bits per heavy atom. The third-order valence-corrected chi connectivity index (χ3v) is 2.00. The molecule has 0 aliphatic heterocycles. The number of benzene rings is 1. The predicted octanol–water partition coefficient (Wildman–Crippen LogP) is 1.39. The van der Waals surface area contributed by atoms with Gasteiger partial charge in [-0.2, -0.15) is 0 Å². The summed E-state index contributed by atoms with van der Waals surface area (Å²) in [7, 11) is 0. The van der Waals surface area contributed by atoms with Gasteiger partial charge in [-0.05, 0) is 19.1 Å². The van der Waals surface area contributed by atoms with Crippen LogP contribution in [0.4, 0.5) is 0 Å². The van der Waals surface area contributed by atoms with E-state index in [-0.39, 0.29) is 0 Å². The standard InChI is InChI=1S/C10H9N3O/c1-8-10(7-14)13(12-11-8)9-5-3-2-4-6-9/h2-7H,1H3. The monoisotopic (exact) mass is 187 g/mol. The van der Waals surface area contributed by atoms with Crippen LogP contribution in [0.2, 0.25) is 0 Å². The van der Waals surface area contributed by atoms with Crippen LogP contribution in [0.15, 0.2) is 30.3 Å². The Morgan fingerprint density at radius 2 is 2.00 bits per heavy atom. The van der Waals surface area contributed by atoms with Gasteiger partial charge in [-0.1, -0.05) is 23.4 Å². The van der Waals surface area contributed by atoms with Crippen LogP contribution in [0, 0.1) is 6.92 Å². The summed E-state index contributed by atoms with van der Waals surface area (Å²) in [5.74, 6) is 0. The molecule has 0 atom stereocenters. The number of aryl methyl sites for hydroxylation is 1. The Labute approximate surface area is 81.2 Å². The van der Waals surface area contributed by atoms with Crippen molar-refractivity contribution in [3.63, 3.8) is 0 Å². The van der Waals surface area contributed by atoms with E-state index in [0.717, 1.165) is 12.0 Å². The summed E-state index contributed by atoms with van der Waals surface area (Å²) in [6, 6.07) is 9.44. The van der Waals surface area contributed by atoms with Gasteiger partial charge < -0.3 is 0 Å². The van der Waals surface area contributed by atoms with Crippen molar-refractivity contribution in [1.82, 2.24) is 15.0 Å². The lowest BCUT2D eigenvalue weighted by Gasteiger charge is -2.00. The number of carbonyl (C=O) groups is 1. The molecule has 1 heterocycles. The van der Waals surface area contributed by atoms with E-state index in [9.17, 15) is 4.79 Å². The quantitative estimate of drug-likeness (QED) is 0.667. The molecule has 0 radical (unpaired) electrons. The predicted molar refractivity (Wildman–Crippen MR) is 51.5 cm³/mol. The zero-order valence-electron chi connectivity index (χ0n) is 7.71. The van der Waals surface area contributed by atoms with E-state index in [1.807, 2.05) is 30.3 Å². The van der Waals surface area contributed by atoms with Crippen molar-refractivity contribution in [2.24, 2.45) is 0 Å². The van der Waals surface area contributed by atoms with Gasteiger partial charge in [0.25, 0.3) is 0 Å². The molecule has 0 saturated heterocycles. The topological polar surface area (TPSA) is 47.8 Å². The highest BCUT2D eigenvalue weighted by Crippen LogP contribution is 2.09. The summed E-state index contributed by atoms with van der Waals surface area (Å²) in [5, 5.41) is 7.74. The molecule has 0 aliphatic rings. The molecule has 2 rings (SSSR count). The average Bonchev–Trinajstić information content (AvgIpc) is 2.61. The second kappa shape index (κ2) is 3.41. The fraction of sp³-hybridized carbons (Fsp3) is 0.100. The maximum Gasteiger partial charge on any atom is 0.170 e. The highest BCUT2D eigenvalue weighted by atomic mass is 16.1. The molecule has 0 fully saturated rings. The fourth-order valence-corrected chi connectivity index (χ4v) is 1.26. The Kier molecular flexibility index (Phi) is 2.10. The van der Waals surface area contributed by atoms with Crippen molar-refractivity contribution >= 4 is 6.29 Å². The third-order valence-electron chi connectivity index (χ3n) is 2.00. The lowest BCUT2D eigenvalue weighted by atomic mass is 10.3. The van der Waals surface area contributed by atoms with Crippen molar-refractivity contribution in [2.45, 2.75) is 6.92 Å². The minimum Gasteiger partial charge on any atom is -0.296 e. The maximum absolute atomic E-state index is 10.8. The number of carbonyl (C=O) groups excluding carboxylic acids is 1. The zero-order valence-corrected chi connectivity index (χ0v) is 7.71. The van der Waals surface area contributed by atoms with Crippen LogP contribution in [0.25, 0.3) is 5.69 Å². The van der Waals surface area contributed by atoms with Gasteiger partial charge in [0, 0.05) is 0 Å². The first-order chi connectivity index (χ1) is 6.83. The van der Waals surface area contributed by atoms with E-state index >= 15 is 0 Å². The summed E-state index contributed by atoms with van der Waals surface area (Å²) in [6.45, 7) is 1.76. The van der Waals surface area contributed by atoms with Gasteiger partial charge in [-0.3, -0.25) is 4.79 Å².